The van der Waals surface area contributed by atoms with E-state index in [0.717, 1.165) is 39.0 Å². The lowest BCUT2D eigenvalue weighted by Gasteiger charge is -2.05. The first-order valence-corrected chi connectivity index (χ1v) is 9.12. The van der Waals surface area contributed by atoms with Crippen molar-refractivity contribution >= 4 is 11.0 Å². The number of benzene rings is 1. The molecule has 29 heavy (non-hydrogen) atoms. The molecule has 4 aromatic heterocycles. The van der Waals surface area contributed by atoms with Gasteiger partial charge in [0.1, 0.15) is 11.4 Å². The Bertz CT molecular complexity index is 1300. The van der Waals surface area contributed by atoms with Gasteiger partial charge in [0.2, 0.25) is 11.8 Å². The van der Waals surface area contributed by atoms with E-state index in [1.165, 1.54) is 0 Å². The van der Waals surface area contributed by atoms with E-state index in [1.807, 2.05) is 56.1 Å². The van der Waals surface area contributed by atoms with E-state index in [2.05, 4.69) is 31.3 Å². The minimum atomic E-state index is 0.450. The third-order valence-corrected chi connectivity index (χ3v) is 4.80. The Hall–Kier alpha value is -3.94. The van der Waals surface area contributed by atoms with E-state index in [4.69, 9.17) is 9.15 Å². The van der Waals surface area contributed by atoms with Gasteiger partial charge in [-0.25, -0.2) is 4.98 Å². The van der Waals surface area contributed by atoms with Crippen molar-refractivity contribution in [3.8, 4) is 28.3 Å². The number of aromatic amines is 1. The van der Waals surface area contributed by atoms with Crippen molar-refractivity contribution in [1.82, 2.24) is 29.9 Å². The first-order valence-electron chi connectivity index (χ1n) is 9.12. The summed E-state index contributed by atoms with van der Waals surface area (Å²) in [6.07, 6.45) is 7.92. The van der Waals surface area contributed by atoms with Gasteiger partial charge in [0.25, 0.3) is 0 Å². The van der Waals surface area contributed by atoms with E-state index in [-0.39, 0.29) is 0 Å². The van der Waals surface area contributed by atoms with E-state index in [0.29, 0.717) is 18.2 Å². The standard InChI is InChI=1S/C21H18N6O2/c1-27-12-15(10-24-27)14-7-16-17(11-23-20(16)22-9-14)21-26-25-19(29-21)8-13-5-3-4-6-18(13)28-2/h3-7,9-12H,8H2,1-2H3,(H,22,23). The molecule has 5 aromatic rings. The lowest BCUT2D eigenvalue weighted by atomic mass is 10.1. The quantitative estimate of drug-likeness (QED) is 0.496. The van der Waals surface area contributed by atoms with Crippen molar-refractivity contribution in [3.63, 3.8) is 0 Å². The first kappa shape index (κ1) is 17.2. The predicted octanol–water partition coefficient (Wildman–Crippen LogP) is 3.61. The van der Waals surface area contributed by atoms with Crippen molar-refractivity contribution < 1.29 is 9.15 Å². The van der Waals surface area contributed by atoms with Gasteiger partial charge in [-0.1, -0.05) is 18.2 Å². The molecule has 0 saturated heterocycles. The van der Waals surface area contributed by atoms with Gasteiger partial charge in [-0.3, -0.25) is 4.68 Å². The summed E-state index contributed by atoms with van der Waals surface area (Å²) in [5.74, 6) is 1.77. The average molecular weight is 386 g/mol. The number of pyridine rings is 1. The Morgan fingerprint density at radius 1 is 1.14 bits per heavy atom. The number of nitrogens with one attached hydrogen (secondary N) is 1. The normalized spacial score (nSPS) is 11.2. The Kier molecular flexibility index (Phi) is 4.09. The molecule has 144 valence electrons. The zero-order valence-electron chi connectivity index (χ0n) is 16.0. The molecule has 5 rings (SSSR count). The molecule has 0 aliphatic rings. The van der Waals surface area contributed by atoms with Gasteiger partial charge < -0.3 is 14.1 Å². The highest BCUT2D eigenvalue weighted by atomic mass is 16.5. The number of fused-ring (bicyclic) bond motifs is 1. The van der Waals surface area contributed by atoms with Crippen LogP contribution in [-0.4, -0.2) is 37.1 Å². The molecular weight excluding hydrogens is 368 g/mol. The van der Waals surface area contributed by atoms with Gasteiger partial charge in [0, 0.05) is 47.7 Å². The van der Waals surface area contributed by atoms with Crippen LogP contribution in [0, 0.1) is 0 Å². The van der Waals surface area contributed by atoms with Crippen molar-refractivity contribution in [1.29, 1.82) is 0 Å². The third kappa shape index (κ3) is 3.14. The molecular formula is C21H18N6O2. The van der Waals surface area contributed by atoms with Gasteiger partial charge in [-0.2, -0.15) is 5.10 Å². The fourth-order valence-corrected chi connectivity index (χ4v) is 3.35. The summed E-state index contributed by atoms with van der Waals surface area (Å²) in [5.41, 5.74) is 4.54. The van der Waals surface area contributed by atoms with Gasteiger partial charge in [-0.15, -0.1) is 10.2 Å². The zero-order valence-corrected chi connectivity index (χ0v) is 16.0. The Balaban J connectivity index is 1.50. The smallest absolute Gasteiger partial charge is 0.249 e. The summed E-state index contributed by atoms with van der Waals surface area (Å²) in [7, 11) is 3.54. The summed E-state index contributed by atoms with van der Waals surface area (Å²) in [4.78, 5) is 7.68. The highest BCUT2D eigenvalue weighted by Gasteiger charge is 2.16. The molecule has 1 aromatic carbocycles. The van der Waals surface area contributed by atoms with E-state index in [1.54, 1.807) is 11.8 Å². The number of ether oxygens (including phenoxy) is 1. The number of aromatic nitrogens is 6. The fraction of sp³-hybridized carbons (Fsp3) is 0.143. The number of hydrogen-bond acceptors (Lipinski definition) is 6. The second kappa shape index (κ2) is 6.90. The molecule has 0 unspecified atom stereocenters. The van der Waals surface area contributed by atoms with Gasteiger partial charge in [-0.05, 0) is 12.1 Å². The van der Waals surface area contributed by atoms with Gasteiger partial charge >= 0.3 is 0 Å². The maximum atomic E-state index is 5.95. The van der Waals surface area contributed by atoms with Gasteiger partial charge in [0.15, 0.2) is 0 Å². The summed E-state index contributed by atoms with van der Waals surface area (Å²) < 4.78 is 13.1. The van der Waals surface area contributed by atoms with Crippen molar-refractivity contribution in [3.05, 3.63) is 66.6 Å². The fourth-order valence-electron chi connectivity index (χ4n) is 3.35. The SMILES string of the molecule is COc1ccccc1Cc1nnc(-c2c[nH]c3ncc(-c4cnn(C)c4)cc23)o1. The van der Waals surface area contributed by atoms with Gasteiger partial charge in [0.05, 0.1) is 25.3 Å². The van der Waals surface area contributed by atoms with E-state index < -0.39 is 0 Å². The lowest BCUT2D eigenvalue weighted by molar-refractivity contribution is 0.408. The number of H-pyrrole nitrogens is 1. The van der Waals surface area contributed by atoms with Crippen LogP contribution in [-0.2, 0) is 13.5 Å². The third-order valence-electron chi connectivity index (χ3n) is 4.80. The topological polar surface area (TPSA) is 94.7 Å². The highest BCUT2D eigenvalue weighted by molar-refractivity contribution is 5.93. The summed E-state index contributed by atoms with van der Waals surface area (Å²) in [6.45, 7) is 0. The Morgan fingerprint density at radius 3 is 2.86 bits per heavy atom. The summed E-state index contributed by atoms with van der Waals surface area (Å²) in [5, 5.41) is 13.6. The molecule has 8 heteroatoms. The number of aryl methyl sites for hydroxylation is 1. The molecule has 0 radical (unpaired) electrons. The maximum absolute atomic E-state index is 5.95. The Morgan fingerprint density at radius 2 is 2.03 bits per heavy atom. The molecule has 0 aliphatic heterocycles. The molecule has 0 aliphatic carbocycles. The molecule has 1 N–H and O–H groups in total. The van der Waals surface area contributed by atoms with Crippen LogP contribution in [0.5, 0.6) is 5.75 Å². The number of methoxy groups -OCH3 is 1. The highest BCUT2D eigenvalue weighted by Crippen LogP contribution is 2.31. The molecule has 0 atom stereocenters. The minimum Gasteiger partial charge on any atom is -0.496 e. The maximum Gasteiger partial charge on any atom is 0.249 e. The molecule has 0 amide bonds. The van der Waals surface area contributed by atoms with Crippen LogP contribution in [0.1, 0.15) is 11.5 Å². The molecule has 0 spiro atoms. The summed E-state index contributed by atoms with van der Waals surface area (Å²) >= 11 is 0. The molecule has 4 heterocycles. The summed E-state index contributed by atoms with van der Waals surface area (Å²) in [6, 6.07) is 9.84. The van der Waals surface area contributed by atoms with E-state index in [9.17, 15) is 0 Å². The second-order valence-electron chi connectivity index (χ2n) is 6.71. The van der Waals surface area contributed by atoms with Crippen LogP contribution in [0.25, 0.3) is 33.6 Å². The molecule has 0 bridgehead atoms. The molecule has 8 nitrogen and oxygen atoms in total. The average Bonchev–Trinajstić information content (AvgIpc) is 3.47. The van der Waals surface area contributed by atoms with Crippen molar-refractivity contribution in [2.24, 2.45) is 7.05 Å². The van der Waals surface area contributed by atoms with Crippen LogP contribution >= 0.6 is 0 Å². The van der Waals surface area contributed by atoms with E-state index >= 15 is 0 Å². The van der Waals surface area contributed by atoms with Crippen LogP contribution in [0.4, 0.5) is 0 Å². The number of nitrogens with zero attached hydrogens (tertiary/aromatic N) is 5. The predicted molar refractivity (Wildman–Crippen MR) is 107 cm³/mol. The minimum absolute atomic E-state index is 0.450. The van der Waals surface area contributed by atoms with Crippen LogP contribution in [0.3, 0.4) is 0 Å². The van der Waals surface area contributed by atoms with Crippen LogP contribution < -0.4 is 4.74 Å². The lowest BCUT2D eigenvalue weighted by Crippen LogP contribution is -1.93. The van der Waals surface area contributed by atoms with Crippen LogP contribution in [0.2, 0.25) is 0 Å². The van der Waals surface area contributed by atoms with Crippen molar-refractivity contribution in [2.75, 3.05) is 7.11 Å². The number of hydrogen-bond donors (Lipinski definition) is 1. The Labute approximate surface area is 166 Å². The molecule has 0 saturated carbocycles. The largest absolute Gasteiger partial charge is 0.496 e. The van der Waals surface area contributed by atoms with Crippen LogP contribution in [0.15, 0.2) is 59.5 Å². The number of para-hydroxylation sites is 1. The second-order valence-corrected chi connectivity index (χ2v) is 6.71. The first-order chi connectivity index (χ1) is 14.2. The monoisotopic (exact) mass is 386 g/mol. The molecule has 0 fully saturated rings. The zero-order chi connectivity index (χ0) is 19.8. The number of rotatable bonds is 5. The van der Waals surface area contributed by atoms with Crippen molar-refractivity contribution in [2.45, 2.75) is 6.42 Å².